The van der Waals surface area contributed by atoms with E-state index in [2.05, 4.69) is 10.1 Å². The van der Waals surface area contributed by atoms with Gasteiger partial charge >= 0.3 is 0 Å². The largest absolute Gasteiger partial charge is 0.467 e. The summed E-state index contributed by atoms with van der Waals surface area (Å²) in [5, 5.41) is 18.9. The van der Waals surface area contributed by atoms with Gasteiger partial charge < -0.3 is 4.42 Å². The van der Waals surface area contributed by atoms with Gasteiger partial charge in [0.05, 0.1) is 39.0 Å². The molecule has 0 bridgehead atoms. The lowest BCUT2D eigenvalue weighted by molar-refractivity contribution is -0.384. The van der Waals surface area contributed by atoms with Gasteiger partial charge in [0.15, 0.2) is 0 Å². The first-order valence-electron chi connectivity index (χ1n) is 9.61. The molecule has 10 nitrogen and oxygen atoms in total. The maximum absolute atomic E-state index is 13.2. The van der Waals surface area contributed by atoms with Gasteiger partial charge in [0.2, 0.25) is 0 Å². The second-order valence-electron chi connectivity index (χ2n) is 7.13. The Labute approximate surface area is 184 Å². The van der Waals surface area contributed by atoms with Gasteiger partial charge in [0.25, 0.3) is 17.2 Å². The van der Waals surface area contributed by atoms with Crippen LogP contribution in [0, 0.1) is 10.1 Å². The normalized spacial score (nSPS) is 15.8. The number of thiophene rings is 1. The van der Waals surface area contributed by atoms with Gasteiger partial charge in [-0.3, -0.25) is 24.3 Å². The molecule has 1 atom stereocenters. The summed E-state index contributed by atoms with van der Waals surface area (Å²) in [5.41, 5.74) is 0.317. The molecule has 1 unspecified atom stereocenters. The Morgan fingerprint density at radius 3 is 2.88 bits per heavy atom. The number of carbonyl (C=O) groups excluding carboxylic acids is 1. The Morgan fingerprint density at radius 2 is 2.16 bits per heavy atom. The predicted molar refractivity (Wildman–Crippen MR) is 116 cm³/mol. The first-order valence-corrected chi connectivity index (χ1v) is 10.5. The molecular formula is C21H15N5O5S. The van der Waals surface area contributed by atoms with Crippen molar-refractivity contribution in [1.82, 2.24) is 14.6 Å². The highest BCUT2D eigenvalue weighted by Crippen LogP contribution is 2.34. The Morgan fingerprint density at radius 1 is 1.28 bits per heavy atom. The number of amides is 1. The standard InChI is InChI=1S/C21H15N5O5S/c27-20(11-24-12-22-15-6-5-13(26(29)30)9-14(15)21(24)28)25-17(18-3-1-7-31-18)10-16(23-25)19-4-2-8-32-19/h1-9,12,17H,10-11H2. The summed E-state index contributed by atoms with van der Waals surface area (Å²) in [6.45, 7) is -0.317. The van der Waals surface area contributed by atoms with Crippen LogP contribution in [0.25, 0.3) is 10.9 Å². The first kappa shape index (κ1) is 19.8. The summed E-state index contributed by atoms with van der Waals surface area (Å²) in [6.07, 6.45) is 3.28. The van der Waals surface area contributed by atoms with Crippen molar-refractivity contribution in [2.45, 2.75) is 19.0 Å². The van der Waals surface area contributed by atoms with Crippen LogP contribution in [0.3, 0.4) is 0 Å². The Bertz CT molecular complexity index is 1410. The van der Waals surface area contributed by atoms with E-state index in [1.807, 2.05) is 17.5 Å². The van der Waals surface area contributed by atoms with Gasteiger partial charge in [-0.25, -0.2) is 9.99 Å². The molecule has 5 rings (SSSR count). The highest BCUT2D eigenvalue weighted by atomic mass is 32.1. The van der Waals surface area contributed by atoms with E-state index in [4.69, 9.17) is 4.42 Å². The van der Waals surface area contributed by atoms with E-state index in [-0.39, 0.29) is 17.6 Å². The number of benzene rings is 1. The molecule has 0 N–H and O–H groups in total. The average Bonchev–Trinajstić information content (AvgIpc) is 3.55. The van der Waals surface area contributed by atoms with E-state index in [0.29, 0.717) is 17.7 Å². The molecule has 11 heteroatoms. The van der Waals surface area contributed by atoms with Crippen LogP contribution in [-0.2, 0) is 11.3 Å². The van der Waals surface area contributed by atoms with Gasteiger partial charge in [-0.15, -0.1) is 11.3 Å². The highest BCUT2D eigenvalue weighted by Gasteiger charge is 2.35. The average molecular weight is 449 g/mol. The molecule has 0 aliphatic carbocycles. The van der Waals surface area contributed by atoms with Crippen LogP contribution in [0.2, 0.25) is 0 Å². The van der Waals surface area contributed by atoms with Crippen molar-refractivity contribution in [1.29, 1.82) is 0 Å². The summed E-state index contributed by atoms with van der Waals surface area (Å²) in [5.74, 6) is 0.167. The summed E-state index contributed by atoms with van der Waals surface area (Å²) >= 11 is 1.53. The number of non-ortho nitro benzene ring substituents is 1. The number of nitrogens with zero attached hydrogens (tertiary/aromatic N) is 5. The van der Waals surface area contributed by atoms with Crippen LogP contribution in [0.5, 0.6) is 0 Å². The fraction of sp³-hybridized carbons (Fsp3) is 0.143. The van der Waals surface area contributed by atoms with Crippen molar-refractivity contribution in [3.63, 3.8) is 0 Å². The minimum absolute atomic E-state index is 0.0706. The van der Waals surface area contributed by atoms with Crippen LogP contribution in [-0.4, -0.2) is 31.1 Å². The van der Waals surface area contributed by atoms with E-state index in [9.17, 15) is 19.7 Å². The fourth-order valence-electron chi connectivity index (χ4n) is 3.63. The Balaban J connectivity index is 1.48. The summed E-state index contributed by atoms with van der Waals surface area (Å²) in [4.78, 5) is 41.7. The lowest BCUT2D eigenvalue weighted by atomic mass is 10.1. The molecule has 160 valence electrons. The SMILES string of the molecule is O=C(Cn1cnc2ccc([N+](=O)[O-])cc2c1=O)N1N=C(c2cccs2)CC1c1ccco1. The summed E-state index contributed by atoms with van der Waals surface area (Å²) in [7, 11) is 0. The van der Waals surface area contributed by atoms with E-state index in [1.54, 1.807) is 12.1 Å². The Hall–Kier alpha value is -4.12. The topological polar surface area (TPSA) is 124 Å². The van der Waals surface area contributed by atoms with Crippen molar-refractivity contribution in [3.05, 3.63) is 91.5 Å². The number of fused-ring (bicyclic) bond motifs is 1. The number of carbonyl (C=O) groups is 1. The Kier molecular flexibility index (Phi) is 4.86. The molecule has 3 aromatic heterocycles. The fourth-order valence-corrected chi connectivity index (χ4v) is 4.35. The number of hydrogen-bond donors (Lipinski definition) is 0. The third-order valence-corrected chi connectivity index (χ3v) is 6.09. The quantitative estimate of drug-likeness (QED) is 0.340. The zero-order valence-electron chi connectivity index (χ0n) is 16.5. The lowest BCUT2D eigenvalue weighted by Crippen LogP contribution is -2.34. The van der Waals surface area contributed by atoms with E-state index in [0.717, 1.165) is 15.2 Å². The molecule has 1 aliphatic rings. The van der Waals surface area contributed by atoms with Crippen LogP contribution in [0.15, 0.2) is 74.7 Å². The van der Waals surface area contributed by atoms with Crippen molar-refractivity contribution in [3.8, 4) is 0 Å². The van der Waals surface area contributed by atoms with E-state index < -0.39 is 22.4 Å². The number of aromatic nitrogens is 2. The van der Waals surface area contributed by atoms with Gasteiger partial charge in [0, 0.05) is 18.6 Å². The predicted octanol–water partition coefficient (Wildman–Crippen LogP) is 3.34. The molecule has 0 spiro atoms. The summed E-state index contributed by atoms with van der Waals surface area (Å²) < 4.78 is 6.65. The van der Waals surface area contributed by atoms with Crippen molar-refractivity contribution < 1.29 is 14.1 Å². The minimum atomic E-state index is -0.583. The molecule has 1 aromatic carbocycles. The molecule has 0 saturated heterocycles. The number of rotatable bonds is 5. The zero-order chi connectivity index (χ0) is 22.2. The van der Waals surface area contributed by atoms with Crippen LogP contribution in [0.1, 0.15) is 23.1 Å². The van der Waals surface area contributed by atoms with Crippen molar-refractivity contribution in [2.75, 3.05) is 0 Å². The smallest absolute Gasteiger partial charge is 0.270 e. The first-order chi connectivity index (χ1) is 15.5. The molecular weight excluding hydrogens is 434 g/mol. The zero-order valence-corrected chi connectivity index (χ0v) is 17.3. The lowest BCUT2D eigenvalue weighted by Gasteiger charge is -2.20. The molecule has 0 radical (unpaired) electrons. The van der Waals surface area contributed by atoms with Crippen LogP contribution in [0.4, 0.5) is 5.69 Å². The second-order valence-corrected chi connectivity index (χ2v) is 8.08. The number of furan rings is 1. The maximum Gasteiger partial charge on any atom is 0.270 e. The molecule has 0 fully saturated rings. The minimum Gasteiger partial charge on any atom is -0.467 e. The maximum atomic E-state index is 13.2. The van der Waals surface area contributed by atoms with Gasteiger partial charge in [-0.2, -0.15) is 5.10 Å². The number of hydrazone groups is 1. The third kappa shape index (κ3) is 3.48. The molecule has 0 saturated carbocycles. The van der Waals surface area contributed by atoms with E-state index in [1.165, 1.54) is 47.1 Å². The number of nitro benzene ring substituents is 1. The molecule has 1 aliphatic heterocycles. The second kappa shape index (κ2) is 7.85. The summed E-state index contributed by atoms with van der Waals surface area (Å²) in [6, 6.07) is 10.8. The van der Waals surface area contributed by atoms with Crippen LogP contribution < -0.4 is 5.56 Å². The third-order valence-electron chi connectivity index (χ3n) is 5.17. The van der Waals surface area contributed by atoms with Gasteiger partial charge in [-0.1, -0.05) is 6.07 Å². The van der Waals surface area contributed by atoms with Crippen LogP contribution >= 0.6 is 11.3 Å². The molecule has 4 heterocycles. The molecule has 1 amide bonds. The van der Waals surface area contributed by atoms with Gasteiger partial charge in [0.1, 0.15) is 18.3 Å². The number of hydrogen-bond acceptors (Lipinski definition) is 8. The molecule has 4 aromatic rings. The van der Waals surface area contributed by atoms with E-state index >= 15 is 0 Å². The van der Waals surface area contributed by atoms with Gasteiger partial charge in [-0.05, 0) is 29.6 Å². The van der Waals surface area contributed by atoms with Crippen molar-refractivity contribution in [2.24, 2.45) is 5.10 Å². The molecule has 32 heavy (non-hydrogen) atoms. The highest BCUT2D eigenvalue weighted by molar-refractivity contribution is 7.12. The number of nitro groups is 1. The monoisotopic (exact) mass is 449 g/mol. The van der Waals surface area contributed by atoms with Crippen molar-refractivity contribution >= 4 is 39.5 Å².